The van der Waals surface area contributed by atoms with Gasteiger partial charge in [0.2, 0.25) is 0 Å². The first kappa shape index (κ1) is 16.2. The quantitative estimate of drug-likeness (QED) is 0.675. The van der Waals surface area contributed by atoms with Crippen LogP contribution in [0.25, 0.3) is 0 Å². The molecule has 0 aromatic heterocycles. The fraction of sp³-hybridized carbons (Fsp3) is 1.00. The minimum atomic E-state index is -0.0873. The number of hydrogen-bond donors (Lipinski definition) is 2. The van der Waals surface area contributed by atoms with Gasteiger partial charge in [-0.15, -0.1) is 0 Å². The molecule has 1 saturated heterocycles. The van der Waals surface area contributed by atoms with Crippen molar-refractivity contribution in [2.75, 3.05) is 40.0 Å². The third kappa shape index (κ3) is 5.68. The van der Waals surface area contributed by atoms with Crippen molar-refractivity contribution >= 4 is 0 Å². The van der Waals surface area contributed by atoms with Crippen LogP contribution in [-0.2, 0) is 4.74 Å². The normalized spacial score (nSPS) is 26.7. The number of rotatable bonds is 9. The Morgan fingerprint density at radius 1 is 1.35 bits per heavy atom. The van der Waals surface area contributed by atoms with Crippen molar-refractivity contribution in [3.63, 3.8) is 0 Å². The molecule has 0 spiro atoms. The van der Waals surface area contributed by atoms with E-state index < -0.39 is 0 Å². The molecule has 2 aliphatic rings. The highest BCUT2D eigenvalue weighted by molar-refractivity contribution is 4.92. The predicted molar refractivity (Wildman–Crippen MR) is 81.9 cm³/mol. The lowest BCUT2D eigenvalue weighted by Gasteiger charge is -2.31. The van der Waals surface area contributed by atoms with Gasteiger partial charge in [0, 0.05) is 24.7 Å². The minimum absolute atomic E-state index is 0.0873. The molecule has 0 radical (unpaired) electrons. The molecule has 4 nitrogen and oxygen atoms in total. The summed E-state index contributed by atoms with van der Waals surface area (Å²) in [5.41, 5.74) is -0.0873. The number of ether oxygens (including phenoxy) is 1. The van der Waals surface area contributed by atoms with Crippen molar-refractivity contribution in [3.8, 4) is 0 Å². The molecule has 2 unspecified atom stereocenters. The zero-order chi connectivity index (χ0) is 14.4. The van der Waals surface area contributed by atoms with E-state index >= 15 is 0 Å². The summed E-state index contributed by atoms with van der Waals surface area (Å²) in [4.78, 5) is 2.42. The number of nitrogens with one attached hydrogen (secondary N) is 1. The van der Waals surface area contributed by atoms with Crippen LogP contribution in [0.15, 0.2) is 0 Å². The van der Waals surface area contributed by atoms with Crippen LogP contribution >= 0.6 is 0 Å². The lowest BCUT2D eigenvalue weighted by molar-refractivity contribution is 0.0414. The SMILES string of the molecule is CN(CCCC(C)(CO)NC1CC1)CC1CCCOC1. The smallest absolute Gasteiger partial charge is 0.0610 e. The second kappa shape index (κ2) is 7.74. The van der Waals surface area contributed by atoms with E-state index in [9.17, 15) is 5.11 Å². The zero-order valence-corrected chi connectivity index (χ0v) is 13.2. The van der Waals surface area contributed by atoms with Gasteiger partial charge in [-0.25, -0.2) is 0 Å². The van der Waals surface area contributed by atoms with E-state index in [0.717, 1.165) is 39.1 Å². The van der Waals surface area contributed by atoms with Crippen molar-refractivity contribution in [2.24, 2.45) is 5.92 Å². The van der Waals surface area contributed by atoms with E-state index in [0.29, 0.717) is 12.0 Å². The Bertz CT molecular complexity index is 278. The molecule has 1 saturated carbocycles. The summed E-state index contributed by atoms with van der Waals surface area (Å²) in [6, 6.07) is 0.657. The summed E-state index contributed by atoms with van der Waals surface area (Å²) in [5.74, 6) is 0.711. The first-order chi connectivity index (χ1) is 9.61. The van der Waals surface area contributed by atoms with E-state index in [1.165, 1.54) is 25.7 Å². The lowest BCUT2D eigenvalue weighted by atomic mass is 9.96. The molecule has 1 aliphatic heterocycles. The molecule has 2 N–H and O–H groups in total. The third-order valence-corrected chi connectivity index (χ3v) is 4.57. The van der Waals surface area contributed by atoms with Crippen molar-refractivity contribution < 1.29 is 9.84 Å². The number of nitrogens with zero attached hydrogens (tertiary/aromatic N) is 1. The van der Waals surface area contributed by atoms with Gasteiger partial charge in [-0.1, -0.05) is 0 Å². The Balaban J connectivity index is 1.60. The van der Waals surface area contributed by atoms with Crippen LogP contribution in [0.3, 0.4) is 0 Å². The summed E-state index contributed by atoms with van der Waals surface area (Å²) >= 11 is 0. The van der Waals surface area contributed by atoms with Crippen molar-refractivity contribution in [2.45, 2.75) is 57.0 Å². The molecule has 1 aliphatic carbocycles. The molecule has 118 valence electrons. The second-order valence-corrected chi connectivity index (χ2v) is 7.09. The standard InChI is InChI=1S/C16H32N2O2/c1-16(13-19,17-15-6-7-15)8-4-9-18(2)11-14-5-3-10-20-12-14/h14-15,17,19H,3-13H2,1-2H3. The molecule has 20 heavy (non-hydrogen) atoms. The average molecular weight is 284 g/mol. The molecule has 4 heteroatoms. The Labute approximate surface area is 123 Å². The summed E-state index contributed by atoms with van der Waals surface area (Å²) in [6.45, 7) is 6.53. The minimum Gasteiger partial charge on any atom is -0.394 e. The monoisotopic (exact) mass is 284 g/mol. The highest BCUT2D eigenvalue weighted by Crippen LogP contribution is 2.24. The fourth-order valence-corrected chi connectivity index (χ4v) is 3.14. The lowest BCUT2D eigenvalue weighted by Crippen LogP contribution is -2.47. The van der Waals surface area contributed by atoms with Crippen molar-refractivity contribution in [1.29, 1.82) is 0 Å². The first-order valence-electron chi connectivity index (χ1n) is 8.26. The summed E-state index contributed by atoms with van der Waals surface area (Å²) in [7, 11) is 2.21. The van der Waals surface area contributed by atoms with E-state index in [-0.39, 0.29) is 12.1 Å². The third-order valence-electron chi connectivity index (χ3n) is 4.57. The van der Waals surface area contributed by atoms with Gasteiger partial charge in [-0.05, 0) is 65.0 Å². The van der Waals surface area contributed by atoms with Gasteiger partial charge in [0.1, 0.15) is 0 Å². The number of hydrogen-bond acceptors (Lipinski definition) is 4. The molecule has 1 heterocycles. The maximum atomic E-state index is 9.60. The van der Waals surface area contributed by atoms with E-state index in [2.05, 4.69) is 24.2 Å². The van der Waals surface area contributed by atoms with Crippen LogP contribution in [-0.4, -0.2) is 61.5 Å². The largest absolute Gasteiger partial charge is 0.394 e. The van der Waals surface area contributed by atoms with E-state index in [1.54, 1.807) is 0 Å². The number of aliphatic hydroxyl groups is 1. The van der Waals surface area contributed by atoms with Crippen molar-refractivity contribution in [1.82, 2.24) is 10.2 Å². The van der Waals surface area contributed by atoms with Gasteiger partial charge in [-0.2, -0.15) is 0 Å². The molecule has 0 bridgehead atoms. The van der Waals surface area contributed by atoms with Crippen LogP contribution in [0.2, 0.25) is 0 Å². The molecule has 2 atom stereocenters. The van der Waals surface area contributed by atoms with Gasteiger partial charge < -0.3 is 20.1 Å². The molecule has 2 fully saturated rings. The van der Waals surface area contributed by atoms with Crippen LogP contribution in [0.5, 0.6) is 0 Å². The number of aliphatic hydroxyl groups excluding tert-OH is 1. The van der Waals surface area contributed by atoms with Crippen LogP contribution in [0.4, 0.5) is 0 Å². The molecule has 2 rings (SSSR count). The van der Waals surface area contributed by atoms with Crippen LogP contribution < -0.4 is 5.32 Å². The Morgan fingerprint density at radius 3 is 2.75 bits per heavy atom. The maximum Gasteiger partial charge on any atom is 0.0610 e. The Kier molecular flexibility index (Phi) is 6.27. The van der Waals surface area contributed by atoms with Gasteiger partial charge in [0.15, 0.2) is 0 Å². The highest BCUT2D eigenvalue weighted by atomic mass is 16.5. The topological polar surface area (TPSA) is 44.7 Å². The molecule has 0 aromatic rings. The zero-order valence-electron chi connectivity index (χ0n) is 13.2. The van der Waals surface area contributed by atoms with E-state index in [4.69, 9.17) is 4.74 Å². The fourth-order valence-electron chi connectivity index (χ4n) is 3.14. The molecular formula is C16H32N2O2. The summed E-state index contributed by atoms with van der Waals surface area (Å²) < 4.78 is 5.54. The van der Waals surface area contributed by atoms with Crippen LogP contribution in [0.1, 0.15) is 45.4 Å². The van der Waals surface area contributed by atoms with Gasteiger partial charge in [-0.3, -0.25) is 0 Å². The van der Waals surface area contributed by atoms with Gasteiger partial charge in [0.25, 0.3) is 0 Å². The van der Waals surface area contributed by atoms with Gasteiger partial charge >= 0.3 is 0 Å². The summed E-state index contributed by atoms with van der Waals surface area (Å²) in [6.07, 6.45) is 7.26. The Morgan fingerprint density at radius 2 is 2.15 bits per heavy atom. The van der Waals surface area contributed by atoms with Crippen LogP contribution in [0, 0.1) is 5.92 Å². The predicted octanol–water partition coefficient (Wildman–Crippen LogP) is 1.63. The van der Waals surface area contributed by atoms with Gasteiger partial charge in [0.05, 0.1) is 13.2 Å². The highest BCUT2D eigenvalue weighted by Gasteiger charge is 2.31. The maximum absolute atomic E-state index is 9.60. The van der Waals surface area contributed by atoms with Crippen molar-refractivity contribution in [3.05, 3.63) is 0 Å². The summed E-state index contributed by atoms with van der Waals surface area (Å²) in [5, 5.41) is 13.2. The molecule has 0 amide bonds. The van der Waals surface area contributed by atoms with E-state index in [1.807, 2.05) is 0 Å². The second-order valence-electron chi connectivity index (χ2n) is 7.09. The molecule has 0 aromatic carbocycles. The Hall–Kier alpha value is -0.160. The average Bonchev–Trinajstić information content (AvgIpc) is 3.23. The molecular weight excluding hydrogens is 252 g/mol. The first-order valence-corrected chi connectivity index (χ1v) is 8.26.